The number of nitrogens with zero attached hydrogens (tertiary/aromatic N) is 12. The first-order valence-corrected chi connectivity index (χ1v) is 39.4. The largest absolute Gasteiger partial charge is 1.00 e. The molecule has 0 aliphatic carbocycles. The molecule has 0 saturated carbocycles. The number of rotatable bonds is 16. The van der Waals surface area contributed by atoms with Gasteiger partial charge in [-0.3, -0.25) is 0 Å². The summed E-state index contributed by atoms with van der Waals surface area (Å²) in [4.78, 5) is 67.6. The van der Waals surface area contributed by atoms with Crippen molar-refractivity contribution in [1.82, 2.24) is 58.4 Å². The monoisotopic (exact) mass is 1630 g/mol. The predicted octanol–water partition coefficient (Wildman–Crippen LogP) is 15.0. The van der Waals surface area contributed by atoms with Gasteiger partial charge in [0, 0.05) is 103 Å². The van der Waals surface area contributed by atoms with E-state index in [1.54, 1.807) is 27.4 Å². The first kappa shape index (κ1) is 96.2. The molecular formula is C84H103Cl2LiN12O13Zn. The van der Waals surface area contributed by atoms with Crippen molar-refractivity contribution in [3.63, 3.8) is 0 Å². The maximum atomic E-state index is 12.5. The third kappa shape index (κ3) is 24.0. The number of aliphatic carboxylic acids is 1. The van der Waals surface area contributed by atoms with Gasteiger partial charge in [-0.25, -0.2) is 57.2 Å². The van der Waals surface area contributed by atoms with E-state index in [1.807, 2.05) is 263 Å². The Hall–Kier alpha value is -9.16. The molecule has 4 unspecified atom stereocenters. The van der Waals surface area contributed by atoms with Gasteiger partial charge in [0.1, 0.15) is 5.15 Å². The van der Waals surface area contributed by atoms with Gasteiger partial charge in [0.15, 0.2) is 47.0 Å². The summed E-state index contributed by atoms with van der Waals surface area (Å²) in [7, 11) is 8.80. The van der Waals surface area contributed by atoms with E-state index in [9.17, 15) is 24.3 Å². The molecule has 594 valence electrons. The molecule has 113 heavy (non-hydrogen) atoms. The van der Waals surface area contributed by atoms with Crippen LogP contribution in [-0.4, -0.2) is 137 Å². The number of halogens is 2. The van der Waals surface area contributed by atoms with Crippen LogP contribution in [0.2, 0.25) is 5.15 Å². The van der Waals surface area contributed by atoms with Crippen LogP contribution in [0.5, 0.6) is 0 Å². The van der Waals surface area contributed by atoms with Gasteiger partial charge in [-0.15, -0.1) is 0 Å². The molecule has 12 rings (SSSR count). The predicted molar refractivity (Wildman–Crippen MR) is 431 cm³/mol. The number of esters is 3. The molecule has 8 heterocycles. The average molecular weight is 1630 g/mol. The van der Waals surface area contributed by atoms with Crippen LogP contribution in [-0.2, 0) is 69.6 Å². The van der Waals surface area contributed by atoms with Crippen molar-refractivity contribution in [2.24, 2.45) is 0 Å². The molecular weight excluding hydrogens is 1530 g/mol. The molecule has 0 bridgehead atoms. The van der Waals surface area contributed by atoms with Crippen LogP contribution in [0.15, 0.2) is 146 Å². The van der Waals surface area contributed by atoms with Crippen LogP contribution in [0.3, 0.4) is 0 Å². The summed E-state index contributed by atoms with van der Waals surface area (Å²) >= 11 is 7.49. The number of aromatic nitrogens is 12. The summed E-state index contributed by atoms with van der Waals surface area (Å²) in [6.07, 6.45) is -3.83. The fraction of sp³-hybridized carbons (Fsp3) is 0.369. The Balaban J connectivity index is 0.000000311. The molecule has 0 spiro atoms. The number of benzene rings is 4. The maximum absolute atomic E-state index is 12.5. The van der Waals surface area contributed by atoms with Crippen molar-refractivity contribution in [3.05, 3.63) is 220 Å². The van der Waals surface area contributed by atoms with E-state index >= 15 is 0 Å². The minimum atomic E-state index is -1.10. The summed E-state index contributed by atoms with van der Waals surface area (Å²) in [6.45, 7) is 35.5. The number of fused-ring (bicyclic) bond motifs is 4. The summed E-state index contributed by atoms with van der Waals surface area (Å²) in [6, 6.07) is 47.0. The van der Waals surface area contributed by atoms with Gasteiger partial charge in [-0.1, -0.05) is 140 Å². The summed E-state index contributed by atoms with van der Waals surface area (Å²) in [5.41, 5.74) is 15.0. The normalized spacial score (nSPS) is 12.4. The Bertz CT molecular complexity index is 4810. The molecule has 2 N–H and O–H groups in total. The Morgan fingerprint density at radius 1 is 0.381 bits per heavy atom. The molecule has 4 atom stereocenters. The van der Waals surface area contributed by atoms with Crippen molar-refractivity contribution < 1.29 is 99.1 Å². The number of carbonyl (C=O) groups is 4. The van der Waals surface area contributed by atoms with Crippen molar-refractivity contribution >= 4 is 67.8 Å². The SMILES string of the molecule is C.COC(=O)C(OC(C)(C)C)c1c(C)nc2cc(-c3ccccc3)nn2c1C.COC(=O)C(OC(C)(C)C)c1c(C)nc2cc(-c3ccccc3)nn2c1C.COC(=O)C(OC(C)(C)C)c1c(C)nc2cc(-c3ccccc3)nn2c1Cl.Cc1nc2cc(-c3ccccc3)nn2c(C)c1C(OC(C)(C)C)C(=O)O.[CH3-].[Cl][Zn+].[Li+].[OH-]. The molecule has 0 amide bonds. The molecule has 8 aromatic heterocycles. The number of carboxylic acids is 1. The number of hydrogen-bond acceptors (Lipinski definition) is 20. The van der Waals surface area contributed by atoms with E-state index in [2.05, 4.69) is 30.1 Å². The number of carbonyl (C=O) groups excluding carboxylic acids is 3. The van der Waals surface area contributed by atoms with Gasteiger partial charge >= 0.3 is 69.7 Å². The van der Waals surface area contributed by atoms with Gasteiger partial charge in [-0.2, -0.15) is 20.4 Å². The Labute approximate surface area is 693 Å². The van der Waals surface area contributed by atoms with E-state index in [0.717, 1.165) is 96.4 Å². The number of carboxylic acid groups (broad SMARTS) is 1. The number of hydrogen-bond donors (Lipinski definition) is 1. The Morgan fingerprint density at radius 2 is 0.584 bits per heavy atom. The van der Waals surface area contributed by atoms with Crippen molar-refractivity contribution in [2.75, 3.05) is 21.3 Å². The second-order valence-corrected chi connectivity index (χ2v) is 29.9. The second-order valence-electron chi connectivity index (χ2n) is 29.5. The van der Waals surface area contributed by atoms with E-state index < -0.39 is 70.7 Å². The van der Waals surface area contributed by atoms with Gasteiger partial charge in [0.25, 0.3) is 0 Å². The topological polar surface area (TPSA) is 304 Å². The molecule has 25 nitrogen and oxygen atoms in total. The zero-order valence-electron chi connectivity index (χ0n) is 68.4. The van der Waals surface area contributed by atoms with Crippen molar-refractivity contribution in [2.45, 2.75) is 186 Å². The standard InChI is InChI=1S/2C21H25N3O3.C20H22ClN3O3.C20H23N3O3.CH4.CH3.ClH.Li.H2O.Zn/c2*1-13-18(19(20(25)26-6)27-21(3,4)5)14(2)24-17(22-13)12-16(23-24)15-10-8-7-9-11-15;1-12-16(17(19(25)26-5)27-20(2,3)4)18(21)24-15(22-12)11-14(23-24)13-9-7-6-8-10-13;1-12-17(18(19(24)25)26-20(3,4)5)13(2)23-16(21-12)11-15(22-23)14-9-7-6-8-10-14;;;;;;/h2*7-12,19H,1-6H3;6-11,17H,1-5H3;6-11,18H,1-5H3,(H,24,25);1H4;1H3;1H;;1H2;/q;;;;;-1;;+1;;+2/p-2. The van der Waals surface area contributed by atoms with Crippen LogP contribution in [0.25, 0.3) is 67.6 Å². The first-order chi connectivity index (χ1) is 51.3. The van der Waals surface area contributed by atoms with Crippen LogP contribution < -0.4 is 18.9 Å². The number of methoxy groups -OCH3 is 3. The van der Waals surface area contributed by atoms with Crippen LogP contribution in [0.1, 0.15) is 177 Å². The summed E-state index contributed by atoms with van der Waals surface area (Å²) in [5, 5.41) is 28.6. The molecule has 0 aliphatic heterocycles. The van der Waals surface area contributed by atoms with Gasteiger partial charge in [-0.05, 0) is 132 Å². The number of ether oxygens (including phenoxy) is 7. The van der Waals surface area contributed by atoms with E-state index in [-0.39, 0.29) is 44.3 Å². The maximum Gasteiger partial charge on any atom is 1.00 e. The van der Waals surface area contributed by atoms with E-state index in [4.69, 9.17) is 64.6 Å². The average Bonchev–Trinajstić information content (AvgIpc) is 1.69. The van der Waals surface area contributed by atoms with E-state index in [1.165, 1.54) is 25.8 Å². The van der Waals surface area contributed by atoms with Gasteiger partial charge in [0.2, 0.25) is 0 Å². The fourth-order valence-corrected chi connectivity index (χ4v) is 12.4. The van der Waals surface area contributed by atoms with Gasteiger partial charge in [0.05, 0.1) is 72.1 Å². The smallest absolute Gasteiger partial charge is 0.870 e. The van der Waals surface area contributed by atoms with Gasteiger partial charge < -0.3 is 51.2 Å². The van der Waals surface area contributed by atoms with Crippen LogP contribution >= 0.6 is 21.3 Å². The first-order valence-electron chi connectivity index (χ1n) is 35.1. The van der Waals surface area contributed by atoms with Crippen molar-refractivity contribution in [1.29, 1.82) is 0 Å². The molecule has 29 heteroatoms. The van der Waals surface area contributed by atoms with Crippen LogP contribution in [0, 0.1) is 55.9 Å². The van der Waals surface area contributed by atoms with Crippen LogP contribution in [0.4, 0.5) is 0 Å². The molecule has 4 aromatic carbocycles. The number of aryl methyl sites for hydroxylation is 7. The molecule has 0 fully saturated rings. The minimum absolute atomic E-state index is 0. The zero-order chi connectivity index (χ0) is 80.4. The summed E-state index contributed by atoms with van der Waals surface area (Å²) < 4.78 is 45.4. The Morgan fingerprint density at radius 3 is 0.814 bits per heavy atom. The second kappa shape index (κ2) is 40.7. The molecule has 0 radical (unpaired) electrons. The third-order valence-electron chi connectivity index (χ3n) is 16.7. The molecule has 12 aromatic rings. The van der Waals surface area contributed by atoms with Crippen molar-refractivity contribution in [3.8, 4) is 45.0 Å². The third-order valence-corrected chi connectivity index (χ3v) is 17.0. The molecule has 0 saturated heterocycles. The Kier molecular flexibility index (Phi) is 34.7. The minimum Gasteiger partial charge on any atom is -0.870 e. The van der Waals surface area contributed by atoms with E-state index in [0.29, 0.717) is 50.6 Å². The fourth-order valence-electron chi connectivity index (χ4n) is 12.1. The quantitative estimate of drug-likeness (QED) is 0.0309. The molecule has 0 aliphatic rings. The summed E-state index contributed by atoms with van der Waals surface area (Å²) in [5.74, 6) is -2.48. The zero-order valence-corrected chi connectivity index (χ0v) is 72.9.